The standard InChI is InChI=1S/C16H15F3N2S/c1-3-4-5-6-12(2)11-20-15(22)21-14-9-7-13(8-10-14)16(17,18)19/h1,4-10H,11H2,2H3,(H2,20,21,22)/b5-4-,12-6+. The Bertz CT molecular complexity index is 608. The number of thiocarbonyl (C=S) groups is 1. The molecule has 0 saturated carbocycles. The molecule has 0 heterocycles. The molecule has 0 atom stereocenters. The number of benzene rings is 1. The Hall–Kier alpha value is -2.26. The minimum atomic E-state index is -4.34. The number of anilines is 1. The van der Waals surface area contributed by atoms with Crippen LogP contribution < -0.4 is 10.6 Å². The van der Waals surface area contributed by atoms with Gasteiger partial charge in [-0.2, -0.15) is 13.2 Å². The number of halogens is 3. The summed E-state index contributed by atoms with van der Waals surface area (Å²) in [6.45, 7) is 2.40. The van der Waals surface area contributed by atoms with Crippen LogP contribution in [0.15, 0.2) is 48.1 Å². The van der Waals surface area contributed by atoms with Gasteiger partial charge in [-0.3, -0.25) is 0 Å². The Morgan fingerprint density at radius 3 is 2.50 bits per heavy atom. The summed E-state index contributed by atoms with van der Waals surface area (Å²) in [6.07, 6.45) is 5.89. The van der Waals surface area contributed by atoms with Crippen molar-refractivity contribution in [2.75, 3.05) is 11.9 Å². The highest BCUT2D eigenvalue weighted by Gasteiger charge is 2.29. The van der Waals surface area contributed by atoms with Gasteiger partial charge < -0.3 is 10.6 Å². The minimum absolute atomic E-state index is 0.327. The van der Waals surface area contributed by atoms with Crippen LogP contribution in [0.4, 0.5) is 18.9 Å². The number of terminal acetylenes is 1. The van der Waals surface area contributed by atoms with Crippen LogP contribution >= 0.6 is 12.2 Å². The highest BCUT2D eigenvalue weighted by molar-refractivity contribution is 7.80. The van der Waals surface area contributed by atoms with E-state index in [1.165, 1.54) is 12.1 Å². The van der Waals surface area contributed by atoms with Crippen LogP contribution in [0.25, 0.3) is 0 Å². The summed E-state index contributed by atoms with van der Waals surface area (Å²) in [6, 6.07) is 4.66. The van der Waals surface area contributed by atoms with Crippen LogP contribution in [0, 0.1) is 12.3 Å². The second-order valence-corrected chi connectivity index (χ2v) is 4.83. The topological polar surface area (TPSA) is 24.1 Å². The van der Waals surface area contributed by atoms with E-state index in [1.807, 2.05) is 13.0 Å². The highest BCUT2D eigenvalue weighted by atomic mass is 32.1. The third-order valence-electron chi connectivity index (χ3n) is 2.57. The van der Waals surface area contributed by atoms with E-state index in [4.69, 9.17) is 18.6 Å². The van der Waals surface area contributed by atoms with E-state index in [-0.39, 0.29) is 0 Å². The van der Waals surface area contributed by atoms with E-state index in [0.717, 1.165) is 17.7 Å². The summed E-state index contributed by atoms with van der Waals surface area (Å²) in [7, 11) is 0. The SMILES string of the molecule is C#C/C=C\C=C(/C)CNC(=S)Nc1ccc(C(F)(F)F)cc1. The van der Waals surface area contributed by atoms with Crippen molar-refractivity contribution in [1.29, 1.82) is 0 Å². The molecule has 0 radical (unpaired) electrons. The second-order valence-electron chi connectivity index (χ2n) is 4.42. The summed E-state index contributed by atoms with van der Waals surface area (Å²) in [5.74, 6) is 2.37. The van der Waals surface area contributed by atoms with E-state index < -0.39 is 11.7 Å². The molecule has 1 aromatic carbocycles. The van der Waals surface area contributed by atoms with E-state index in [1.54, 1.807) is 12.2 Å². The highest BCUT2D eigenvalue weighted by Crippen LogP contribution is 2.29. The molecule has 1 aromatic rings. The molecule has 0 spiro atoms. The molecule has 1 rings (SSSR count). The molecule has 2 nitrogen and oxygen atoms in total. The van der Waals surface area contributed by atoms with Crippen molar-refractivity contribution >= 4 is 23.0 Å². The summed E-state index contributed by atoms with van der Waals surface area (Å²) in [5, 5.41) is 6.09. The van der Waals surface area contributed by atoms with Crippen LogP contribution in [0.3, 0.4) is 0 Å². The Morgan fingerprint density at radius 1 is 1.32 bits per heavy atom. The fraction of sp³-hybridized carbons (Fsp3) is 0.188. The number of rotatable bonds is 4. The molecule has 6 heteroatoms. The lowest BCUT2D eigenvalue weighted by Crippen LogP contribution is -2.29. The van der Waals surface area contributed by atoms with E-state index in [9.17, 15) is 13.2 Å². The number of allylic oxidation sites excluding steroid dienone is 3. The molecular formula is C16H15F3N2S. The first-order valence-corrected chi connectivity index (χ1v) is 6.74. The van der Waals surface area contributed by atoms with E-state index >= 15 is 0 Å². The van der Waals surface area contributed by atoms with Crippen LogP contribution in [-0.2, 0) is 6.18 Å². The molecule has 0 saturated heterocycles. The van der Waals surface area contributed by atoms with Gasteiger partial charge in [-0.05, 0) is 49.5 Å². The molecular weight excluding hydrogens is 309 g/mol. The largest absolute Gasteiger partial charge is 0.416 e. The van der Waals surface area contributed by atoms with Crippen LogP contribution in [0.2, 0.25) is 0 Å². The molecule has 22 heavy (non-hydrogen) atoms. The lowest BCUT2D eigenvalue weighted by molar-refractivity contribution is -0.137. The van der Waals surface area contributed by atoms with Gasteiger partial charge in [0.1, 0.15) is 0 Å². The maximum atomic E-state index is 12.4. The first-order valence-electron chi connectivity index (χ1n) is 6.33. The molecule has 0 fully saturated rings. The number of alkyl halides is 3. The van der Waals surface area contributed by atoms with Crippen LogP contribution in [-0.4, -0.2) is 11.7 Å². The van der Waals surface area contributed by atoms with Crippen molar-refractivity contribution < 1.29 is 13.2 Å². The predicted octanol–water partition coefficient (Wildman–Crippen LogP) is 4.13. The van der Waals surface area contributed by atoms with Gasteiger partial charge in [0.2, 0.25) is 0 Å². The molecule has 0 aromatic heterocycles. The third-order valence-corrected chi connectivity index (χ3v) is 2.82. The molecule has 0 aliphatic rings. The number of nitrogens with one attached hydrogen (secondary N) is 2. The maximum absolute atomic E-state index is 12.4. The molecule has 0 aliphatic heterocycles. The Labute approximate surface area is 133 Å². The quantitative estimate of drug-likeness (QED) is 0.495. The summed E-state index contributed by atoms with van der Waals surface area (Å²) < 4.78 is 37.3. The molecule has 0 amide bonds. The Morgan fingerprint density at radius 2 is 1.95 bits per heavy atom. The zero-order valence-corrected chi connectivity index (χ0v) is 12.7. The number of hydrogen-bond donors (Lipinski definition) is 2. The van der Waals surface area contributed by atoms with Crippen molar-refractivity contribution in [2.24, 2.45) is 0 Å². The van der Waals surface area contributed by atoms with Gasteiger partial charge >= 0.3 is 6.18 Å². The van der Waals surface area contributed by atoms with E-state index in [0.29, 0.717) is 17.3 Å². The van der Waals surface area contributed by atoms with Gasteiger partial charge in [0, 0.05) is 12.2 Å². The van der Waals surface area contributed by atoms with Crippen LogP contribution in [0.1, 0.15) is 12.5 Å². The summed E-state index contributed by atoms with van der Waals surface area (Å²) in [5.41, 5.74) is 0.790. The Kier molecular flexibility index (Phi) is 6.67. The van der Waals surface area contributed by atoms with Crippen molar-refractivity contribution in [3.8, 4) is 12.3 Å². The lowest BCUT2D eigenvalue weighted by Gasteiger charge is -2.12. The fourth-order valence-corrected chi connectivity index (χ4v) is 1.65. The first kappa shape index (κ1) is 17.8. The maximum Gasteiger partial charge on any atom is 0.416 e. The molecule has 116 valence electrons. The molecule has 0 bridgehead atoms. The number of hydrogen-bond acceptors (Lipinski definition) is 1. The average molecular weight is 324 g/mol. The lowest BCUT2D eigenvalue weighted by atomic mass is 10.2. The second kappa shape index (κ2) is 8.25. The minimum Gasteiger partial charge on any atom is -0.359 e. The first-order chi connectivity index (χ1) is 10.3. The average Bonchev–Trinajstić information content (AvgIpc) is 2.45. The van der Waals surface area contributed by atoms with Gasteiger partial charge in [-0.25, -0.2) is 0 Å². The summed E-state index contributed by atoms with van der Waals surface area (Å²) >= 11 is 5.07. The van der Waals surface area contributed by atoms with Gasteiger partial charge in [0.15, 0.2) is 5.11 Å². The third kappa shape index (κ3) is 6.46. The van der Waals surface area contributed by atoms with Crippen LogP contribution in [0.5, 0.6) is 0 Å². The van der Waals surface area contributed by atoms with Gasteiger partial charge in [0.25, 0.3) is 0 Å². The van der Waals surface area contributed by atoms with Gasteiger partial charge in [0.05, 0.1) is 5.56 Å². The predicted molar refractivity (Wildman–Crippen MR) is 87.4 cm³/mol. The molecule has 2 N–H and O–H groups in total. The van der Waals surface area contributed by atoms with Crippen molar-refractivity contribution in [3.05, 3.63) is 53.6 Å². The van der Waals surface area contributed by atoms with Crippen molar-refractivity contribution in [1.82, 2.24) is 5.32 Å². The summed E-state index contributed by atoms with van der Waals surface area (Å²) in [4.78, 5) is 0. The normalized spacial score (nSPS) is 12.0. The van der Waals surface area contributed by atoms with Crippen molar-refractivity contribution in [3.63, 3.8) is 0 Å². The van der Waals surface area contributed by atoms with Crippen molar-refractivity contribution in [2.45, 2.75) is 13.1 Å². The van der Waals surface area contributed by atoms with Gasteiger partial charge in [-0.1, -0.05) is 23.6 Å². The smallest absolute Gasteiger partial charge is 0.359 e. The molecule has 0 unspecified atom stereocenters. The fourth-order valence-electron chi connectivity index (χ4n) is 1.46. The van der Waals surface area contributed by atoms with E-state index in [2.05, 4.69) is 16.6 Å². The zero-order valence-electron chi connectivity index (χ0n) is 11.9. The monoisotopic (exact) mass is 324 g/mol. The molecule has 0 aliphatic carbocycles. The van der Waals surface area contributed by atoms with Gasteiger partial charge in [-0.15, -0.1) is 6.42 Å². The Balaban J connectivity index is 2.51. The zero-order chi connectivity index (χ0) is 16.6.